The molecule has 3 atom stereocenters. The lowest BCUT2D eigenvalue weighted by molar-refractivity contribution is -0.0917. The van der Waals surface area contributed by atoms with Crippen molar-refractivity contribution in [2.45, 2.75) is 89.1 Å². The van der Waals surface area contributed by atoms with Gasteiger partial charge in [0, 0.05) is 6.42 Å². The molecule has 1 fully saturated rings. The van der Waals surface area contributed by atoms with Gasteiger partial charge < -0.3 is 19.3 Å². The molecule has 236 valence electrons. The van der Waals surface area contributed by atoms with Crippen LogP contribution in [0.1, 0.15) is 54.2 Å². The summed E-state index contributed by atoms with van der Waals surface area (Å²) in [5.41, 5.74) is 6.64. The molecule has 7 nitrogen and oxygen atoms in total. The van der Waals surface area contributed by atoms with Crippen LogP contribution in [0, 0.1) is 5.82 Å². The van der Waals surface area contributed by atoms with Crippen molar-refractivity contribution in [2.75, 3.05) is 12.3 Å². The molecule has 1 aliphatic heterocycles. The molecule has 1 saturated heterocycles. The summed E-state index contributed by atoms with van der Waals surface area (Å²) < 4.78 is 36.9. The normalized spacial score (nSPS) is 21.2. The minimum atomic E-state index is -3.00. The molecule has 0 amide bonds. The van der Waals surface area contributed by atoms with Crippen LogP contribution in [-0.4, -0.2) is 44.5 Å². The Labute approximate surface area is 262 Å². The molecule has 2 heterocycles. The van der Waals surface area contributed by atoms with Gasteiger partial charge in [-0.3, -0.25) is 4.57 Å². The third-order valence-electron chi connectivity index (χ3n) is 9.08. The minimum Gasteiger partial charge on any atom is -0.410 e. The van der Waals surface area contributed by atoms with Gasteiger partial charge >= 0.3 is 5.69 Å². The molecule has 0 unspecified atom stereocenters. The van der Waals surface area contributed by atoms with Crippen molar-refractivity contribution >= 4 is 32.8 Å². The number of hydrogen-bond acceptors (Lipinski definition) is 6. The summed E-state index contributed by atoms with van der Waals surface area (Å²) in [4.78, 5) is 16.6. The molecule has 0 spiro atoms. The molecule has 1 aliphatic rings. The van der Waals surface area contributed by atoms with Gasteiger partial charge in [0.05, 0.1) is 18.9 Å². The zero-order valence-corrected chi connectivity index (χ0v) is 29.2. The molecule has 2 aromatic carbocycles. The van der Waals surface area contributed by atoms with E-state index in [0.29, 0.717) is 0 Å². The van der Waals surface area contributed by atoms with Crippen LogP contribution in [0.3, 0.4) is 0 Å². The third kappa shape index (κ3) is 6.33. The van der Waals surface area contributed by atoms with E-state index in [1.165, 1.54) is 0 Å². The number of ether oxygens (including phenoxy) is 1. The summed E-state index contributed by atoms with van der Waals surface area (Å²) in [6.07, 6.45) is 1.63. The lowest BCUT2D eigenvalue weighted by Crippen LogP contribution is -2.68. The first-order valence-electron chi connectivity index (χ1n) is 15.0. The maximum absolute atomic E-state index is 14.6. The van der Waals surface area contributed by atoms with Crippen LogP contribution in [-0.2, 0) is 13.6 Å². The van der Waals surface area contributed by atoms with E-state index in [2.05, 4.69) is 96.2 Å². The van der Waals surface area contributed by atoms with Crippen molar-refractivity contribution in [1.82, 2.24) is 9.55 Å². The Morgan fingerprint density at radius 3 is 2.09 bits per heavy atom. The van der Waals surface area contributed by atoms with Crippen molar-refractivity contribution in [3.63, 3.8) is 0 Å². The maximum atomic E-state index is 14.6. The van der Waals surface area contributed by atoms with Gasteiger partial charge in [-0.15, -0.1) is 5.73 Å². The summed E-state index contributed by atoms with van der Waals surface area (Å²) in [5.74, 6) is -1.25. The van der Waals surface area contributed by atoms with Crippen LogP contribution in [0.15, 0.2) is 90.0 Å². The van der Waals surface area contributed by atoms with E-state index >= 15 is 0 Å². The molecule has 10 heteroatoms. The van der Waals surface area contributed by atoms with Crippen LogP contribution < -0.4 is 21.8 Å². The highest BCUT2D eigenvalue weighted by atomic mass is 28.4. The molecule has 4 rings (SSSR count). The van der Waals surface area contributed by atoms with E-state index in [9.17, 15) is 9.18 Å². The van der Waals surface area contributed by atoms with Gasteiger partial charge in [0.2, 0.25) is 0 Å². The van der Waals surface area contributed by atoms with Gasteiger partial charge in [0.25, 0.3) is 8.32 Å². The summed E-state index contributed by atoms with van der Waals surface area (Å²) in [5, 5.41) is 1.84. The summed E-state index contributed by atoms with van der Waals surface area (Å²) >= 11 is 0. The Kier molecular flexibility index (Phi) is 9.48. The Bertz CT molecular complexity index is 1520. The Balaban J connectivity index is 1.89. The fraction of sp³-hybridized carbons (Fsp3) is 0.441. The maximum Gasteiger partial charge on any atom is 0.351 e. The number of hydrogen-bond donors (Lipinski definition) is 1. The van der Waals surface area contributed by atoms with E-state index in [4.69, 9.17) is 19.3 Å². The minimum absolute atomic E-state index is 0.0955. The number of nitrogens with two attached hydrogens (primary N) is 1. The number of rotatable bonds is 9. The van der Waals surface area contributed by atoms with Crippen molar-refractivity contribution in [1.29, 1.82) is 0 Å². The van der Waals surface area contributed by atoms with E-state index in [1.54, 1.807) is 6.08 Å². The largest absolute Gasteiger partial charge is 0.410 e. The Hall–Kier alpha value is -3.12. The number of anilines is 1. The molecular weight excluding hydrogens is 590 g/mol. The molecule has 2 N–H and O–H groups in total. The number of halogens is 1. The smallest absolute Gasteiger partial charge is 0.351 e. The standard InChI is InChI=1S/C34H46FN3O4Si2/c1-10-21-34(24-40-44(33(5,6)7,25-17-13-11-14-18-25)26-19-15-12-16-20-26)28(42-43(8,9)32(2,3)4)22-29(41-34)38-23-27(35)30(36)37-31(38)39/h11-21,23,28-29H,1,22,24H2,2-9H3,(H2,36,37,39)/t28-,29+,34+/m0/s1. The Morgan fingerprint density at radius 1 is 1.07 bits per heavy atom. The molecule has 0 saturated carbocycles. The molecule has 44 heavy (non-hydrogen) atoms. The van der Waals surface area contributed by atoms with E-state index in [1.807, 2.05) is 36.4 Å². The summed E-state index contributed by atoms with van der Waals surface area (Å²) in [6, 6.07) is 20.7. The highest BCUT2D eigenvalue weighted by Gasteiger charge is 2.56. The highest BCUT2D eigenvalue weighted by molar-refractivity contribution is 6.99. The number of nitrogen functional groups attached to an aromatic ring is 1. The first-order chi connectivity index (χ1) is 20.5. The summed E-state index contributed by atoms with van der Waals surface area (Å²) in [6.45, 7) is 21.5. The van der Waals surface area contributed by atoms with E-state index < -0.39 is 51.9 Å². The van der Waals surface area contributed by atoms with Crippen molar-refractivity contribution in [3.8, 4) is 0 Å². The molecular formula is C34H46FN3O4Si2. The molecule has 1 aromatic heterocycles. The second-order valence-electron chi connectivity index (χ2n) is 14.1. The fourth-order valence-corrected chi connectivity index (χ4v) is 11.7. The van der Waals surface area contributed by atoms with Gasteiger partial charge in [-0.2, -0.15) is 4.98 Å². The van der Waals surface area contributed by atoms with Crippen LogP contribution in [0.4, 0.5) is 10.2 Å². The quantitative estimate of drug-likeness (QED) is 0.232. The van der Waals surface area contributed by atoms with Crippen LogP contribution in [0.2, 0.25) is 23.2 Å². The average Bonchev–Trinajstić information content (AvgIpc) is 3.28. The monoisotopic (exact) mass is 635 g/mol. The van der Waals surface area contributed by atoms with Gasteiger partial charge in [-0.1, -0.05) is 109 Å². The van der Waals surface area contributed by atoms with Gasteiger partial charge in [0.1, 0.15) is 11.8 Å². The predicted octanol–water partition coefficient (Wildman–Crippen LogP) is 5.93. The topological polar surface area (TPSA) is 88.6 Å². The zero-order valence-electron chi connectivity index (χ0n) is 27.2. The third-order valence-corrected chi connectivity index (χ3v) is 18.5. The highest BCUT2D eigenvalue weighted by Crippen LogP contribution is 2.46. The number of nitrogens with zero attached hydrogens (tertiary/aromatic N) is 2. The van der Waals surface area contributed by atoms with Crippen molar-refractivity contribution in [2.24, 2.45) is 0 Å². The SMILES string of the molecule is C=C=C[C@]1(CO[Si](c2ccccc2)(c2ccccc2)C(C)(C)C)O[C@@H](n2cc(F)c(N)nc2=O)C[C@@H]1O[Si](C)(C)C(C)(C)C. The van der Waals surface area contributed by atoms with Gasteiger partial charge in [-0.25, -0.2) is 9.18 Å². The van der Waals surface area contributed by atoms with Crippen LogP contribution in [0.25, 0.3) is 0 Å². The van der Waals surface area contributed by atoms with Crippen LogP contribution in [0.5, 0.6) is 0 Å². The zero-order chi connectivity index (χ0) is 32.6. The second-order valence-corrected chi connectivity index (χ2v) is 23.2. The van der Waals surface area contributed by atoms with Gasteiger partial charge in [0.15, 0.2) is 20.0 Å². The lowest BCUT2D eigenvalue weighted by Gasteiger charge is -2.46. The van der Waals surface area contributed by atoms with Crippen molar-refractivity contribution in [3.05, 3.63) is 102 Å². The lowest BCUT2D eigenvalue weighted by atomic mass is 9.98. The summed E-state index contributed by atoms with van der Waals surface area (Å²) in [7, 11) is -5.38. The van der Waals surface area contributed by atoms with Crippen molar-refractivity contribution < 1.29 is 18.0 Å². The van der Waals surface area contributed by atoms with E-state index in [0.717, 1.165) is 21.1 Å². The predicted molar refractivity (Wildman–Crippen MR) is 180 cm³/mol. The molecule has 0 radical (unpaired) electrons. The number of benzene rings is 2. The average molecular weight is 636 g/mol. The first kappa shape index (κ1) is 33.8. The van der Waals surface area contributed by atoms with E-state index in [-0.39, 0.29) is 23.1 Å². The fourth-order valence-electron chi connectivity index (χ4n) is 5.73. The molecule has 0 bridgehead atoms. The van der Waals surface area contributed by atoms with Crippen LogP contribution >= 0.6 is 0 Å². The number of aromatic nitrogens is 2. The van der Waals surface area contributed by atoms with Gasteiger partial charge in [-0.05, 0) is 39.6 Å². The first-order valence-corrected chi connectivity index (χ1v) is 19.8. The Morgan fingerprint density at radius 2 is 1.61 bits per heavy atom. The molecule has 3 aromatic rings. The molecule has 0 aliphatic carbocycles. The second kappa shape index (κ2) is 12.3.